The zero-order chi connectivity index (χ0) is 21.5. The topological polar surface area (TPSA) is 57.6 Å². The van der Waals surface area contributed by atoms with Crippen molar-refractivity contribution in [1.29, 1.82) is 0 Å². The van der Waals surface area contributed by atoms with Crippen LogP contribution in [0.25, 0.3) is 0 Å². The molecular weight excluding hydrogens is 428 g/mol. The maximum atomic E-state index is 14.2. The number of ketones is 1. The zero-order valence-electron chi connectivity index (χ0n) is 15.6. The number of para-hydroxylation sites is 1. The van der Waals surface area contributed by atoms with Crippen molar-refractivity contribution in [2.24, 2.45) is 0 Å². The number of rotatable bonds is 5. The summed E-state index contributed by atoms with van der Waals surface area (Å²) in [6.45, 7) is -0.0637. The number of aliphatic hydroxyl groups is 1. The average molecular weight is 444 g/mol. The van der Waals surface area contributed by atoms with Crippen molar-refractivity contribution in [2.45, 2.75) is 18.6 Å². The molecule has 0 aromatic heterocycles. The molecule has 0 bridgehead atoms. The van der Waals surface area contributed by atoms with Crippen molar-refractivity contribution in [3.05, 3.63) is 99.3 Å². The molecule has 30 heavy (non-hydrogen) atoms. The van der Waals surface area contributed by atoms with Crippen LogP contribution in [0.15, 0.2) is 66.7 Å². The summed E-state index contributed by atoms with van der Waals surface area (Å²) >= 11 is 11.9. The molecule has 1 aliphatic rings. The number of benzene rings is 3. The van der Waals surface area contributed by atoms with Crippen LogP contribution in [0.3, 0.4) is 0 Å². The predicted molar refractivity (Wildman–Crippen MR) is 113 cm³/mol. The zero-order valence-corrected chi connectivity index (χ0v) is 17.1. The van der Waals surface area contributed by atoms with Gasteiger partial charge in [-0.15, -0.1) is 0 Å². The van der Waals surface area contributed by atoms with E-state index in [1.807, 2.05) is 0 Å². The standard InChI is InChI=1S/C23H16Cl2FNO3/c24-17-10-9-14(11-18(17)25)21(28)12-23(30)16-6-2-4-8-20(16)27(22(23)29)13-15-5-1-3-7-19(15)26/h1-11,30H,12-13H2/t23-/m1/s1. The molecule has 7 heteroatoms. The Morgan fingerprint density at radius 2 is 1.70 bits per heavy atom. The SMILES string of the molecule is O=C(C[C@]1(O)C(=O)N(Cc2ccccc2F)c2ccccc21)c1ccc(Cl)c(Cl)c1. The van der Waals surface area contributed by atoms with Gasteiger partial charge in [-0.1, -0.05) is 59.6 Å². The number of halogens is 3. The molecule has 0 spiro atoms. The minimum Gasteiger partial charge on any atom is -0.375 e. The number of amides is 1. The van der Waals surface area contributed by atoms with Crippen LogP contribution in [0.2, 0.25) is 10.0 Å². The van der Waals surface area contributed by atoms with E-state index in [-0.39, 0.29) is 17.1 Å². The molecule has 0 aliphatic carbocycles. The highest BCUT2D eigenvalue weighted by molar-refractivity contribution is 6.42. The Hall–Kier alpha value is -2.73. The van der Waals surface area contributed by atoms with Gasteiger partial charge >= 0.3 is 0 Å². The first-order valence-corrected chi connectivity index (χ1v) is 9.92. The molecule has 152 valence electrons. The highest BCUT2D eigenvalue weighted by Crippen LogP contribution is 2.43. The van der Waals surface area contributed by atoms with Crippen LogP contribution in [0, 0.1) is 5.82 Å². The number of hydrogen-bond donors (Lipinski definition) is 1. The Morgan fingerprint density at radius 1 is 1.00 bits per heavy atom. The first kappa shape index (κ1) is 20.5. The smallest absolute Gasteiger partial charge is 0.264 e. The van der Waals surface area contributed by atoms with E-state index in [4.69, 9.17) is 23.2 Å². The lowest BCUT2D eigenvalue weighted by Gasteiger charge is -2.23. The Labute approximate surface area is 182 Å². The number of fused-ring (bicyclic) bond motifs is 1. The van der Waals surface area contributed by atoms with Gasteiger partial charge in [-0.05, 0) is 30.3 Å². The van der Waals surface area contributed by atoms with E-state index in [1.54, 1.807) is 42.5 Å². The summed E-state index contributed by atoms with van der Waals surface area (Å²) in [5.41, 5.74) is -0.781. The lowest BCUT2D eigenvalue weighted by atomic mass is 9.88. The number of carbonyl (C=O) groups excluding carboxylic acids is 2. The van der Waals surface area contributed by atoms with Gasteiger partial charge in [0.05, 0.1) is 28.7 Å². The molecule has 0 radical (unpaired) electrons. The minimum atomic E-state index is -2.06. The van der Waals surface area contributed by atoms with Gasteiger partial charge in [0.1, 0.15) is 5.82 Å². The fourth-order valence-corrected chi connectivity index (χ4v) is 3.93. The third-order valence-corrected chi connectivity index (χ3v) is 5.92. The molecule has 0 saturated heterocycles. The fourth-order valence-electron chi connectivity index (χ4n) is 3.64. The summed E-state index contributed by atoms with van der Waals surface area (Å²) in [4.78, 5) is 27.4. The van der Waals surface area contributed by atoms with Gasteiger partial charge in [0.15, 0.2) is 11.4 Å². The second-order valence-electron chi connectivity index (χ2n) is 7.09. The van der Waals surface area contributed by atoms with Crippen LogP contribution < -0.4 is 4.90 Å². The molecule has 4 rings (SSSR count). The van der Waals surface area contributed by atoms with Crippen LogP contribution in [0.5, 0.6) is 0 Å². The van der Waals surface area contributed by atoms with Crippen LogP contribution in [-0.4, -0.2) is 16.8 Å². The van der Waals surface area contributed by atoms with Crippen molar-refractivity contribution < 1.29 is 19.1 Å². The van der Waals surface area contributed by atoms with E-state index in [9.17, 15) is 19.1 Å². The van der Waals surface area contributed by atoms with E-state index in [2.05, 4.69) is 0 Å². The van der Waals surface area contributed by atoms with Crippen molar-refractivity contribution in [1.82, 2.24) is 0 Å². The van der Waals surface area contributed by atoms with Crippen LogP contribution in [0.4, 0.5) is 10.1 Å². The van der Waals surface area contributed by atoms with Crippen molar-refractivity contribution in [3.63, 3.8) is 0 Å². The lowest BCUT2D eigenvalue weighted by molar-refractivity contribution is -0.136. The van der Waals surface area contributed by atoms with Gasteiger partial charge in [-0.2, -0.15) is 0 Å². The second kappa shape index (κ2) is 7.84. The third kappa shape index (κ3) is 3.49. The number of nitrogens with zero attached hydrogens (tertiary/aromatic N) is 1. The maximum Gasteiger partial charge on any atom is 0.264 e. The van der Waals surface area contributed by atoms with E-state index in [0.717, 1.165) is 0 Å². The van der Waals surface area contributed by atoms with Crippen molar-refractivity contribution in [3.8, 4) is 0 Å². The highest BCUT2D eigenvalue weighted by Gasteiger charge is 2.50. The first-order chi connectivity index (χ1) is 14.3. The molecule has 1 atom stereocenters. The molecule has 1 N–H and O–H groups in total. The molecule has 0 saturated carbocycles. The van der Waals surface area contributed by atoms with E-state index in [1.165, 1.54) is 29.2 Å². The summed E-state index contributed by atoms with van der Waals surface area (Å²) in [5, 5.41) is 11.8. The molecule has 4 nitrogen and oxygen atoms in total. The summed E-state index contributed by atoms with van der Waals surface area (Å²) in [6.07, 6.45) is -0.478. The largest absolute Gasteiger partial charge is 0.375 e. The number of anilines is 1. The quantitative estimate of drug-likeness (QED) is 0.555. The van der Waals surface area contributed by atoms with Gasteiger partial charge in [0.25, 0.3) is 5.91 Å². The van der Waals surface area contributed by atoms with E-state index in [0.29, 0.717) is 21.8 Å². The Kier molecular flexibility index (Phi) is 5.36. The summed E-state index contributed by atoms with van der Waals surface area (Å²) in [6, 6.07) is 17.1. The number of hydrogen-bond acceptors (Lipinski definition) is 3. The normalized spacial score (nSPS) is 17.9. The number of Topliss-reactive ketones (excluding diaryl/α,β-unsaturated/α-hetero) is 1. The summed E-state index contributed by atoms with van der Waals surface area (Å²) in [5.74, 6) is -1.60. The second-order valence-corrected chi connectivity index (χ2v) is 7.90. The maximum absolute atomic E-state index is 14.2. The molecular formula is C23H16Cl2FNO3. The highest BCUT2D eigenvalue weighted by atomic mass is 35.5. The Bertz CT molecular complexity index is 1170. The molecule has 3 aromatic carbocycles. The van der Waals surface area contributed by atoms with Crippen LogP contribution in [0.1, 0.15) is 27.9 Å². The first-order valence-electron chi connectivity index (χ1n) is 9.17. The lowest BCUT2D eigenvalue weighted by Crippen LogP contribution is -2.41. The van der Waals surface area contributed by atoms with E-state index < -0.39 is 29.5 Å². The average Bonchev–Trinajstić information content (AvgIpc) is 2.93. The number of carbonyl (C=O) groups is 2. The van der Waals surface area contributed by atoms with Crippen molar-refractivity contribution in [2.75, 3.05) is 4.90 Å². The van der Waals surface area contributed by atoms with Crippen LogP contribution in [-0.2, 0) is 16.9 Å². The molecule has 0 fully saturated rings. The molecule has 1 amide bonds. The summed E-state index contributed by atoms with van der Waals surface area (Å²) in [7, 11) is 0. The molecule has 1 heterocycles. The monoisotopic (exact) mass is 443 g/mol. The van der Waals surface area contributed by atoms with Gasteiger partial charge < -0.3 is 10.0 Å². The Balaban J connectivity index is 1.69. The fraction of sp³-hybridized carbons (Fsp3) is 0.130. The predicted octanol–water partition coefficient (Wildman–Crippen LogP) is 5.14. The van der Waals surface area contributed by atoms with Gasteiger partial charge in [0.2, 0.25) is 0 Å². The molecule has 3 aromatic rings. The summed E-state index contributed by atoms with van der Waals surface area (Å²) < 4.78 is 14.2. The van der Waals surface area contributed by atoms with Gasteiger partial charge in [-0.25, -0.2) is 4.39 Å². The molecule has 1 aliphatic heterocycles. The van der Waals surface area contributed by atoms with E-state index >= 15 is 0 Å². The van der Waals surface area contributed by atoms with Crippen molar-refractivity contribution >= 4 is 40.6 Å². The van der Waals surface area contributed by atoms with Crippen LogP contribution >= 0.6 is 23.2 Å². The van der Waals surface area contributed by atoms with Gasteiger partial charge in [-0.3, -0.25) is 9.59 Å². The molecule has 0 unspecified atom stereocenters. The third-order valence-electron chi connectivity index (χ3n) is 5.18. The minimum absolute atomic E-state index is 0.0637. The van der Waals surface area contributed by atoms with Gasteiger partial charge in [0, 0.05) is 16.7 Å². The Morgan fingerprint density at radius 3 is 2.43 bits per heavy atom.